The highest BCUT2D eigenvalue weighted by Gasteiger charge is 1.97. The molecule has 0 unspecified atom stereocenters. The van der Waals surface area contributed by atoms with Crippen molar-refractivity contribution in [2.24, 2.45) is 0 Å². The Morgan fingerprint density at radius 3 is 2.00 bits per heavy atom. The zero-order valence-electron chi connectivity index (χ0n) is 13.1. The lowest BCUT2D eigenvalue weighted by molar-refractivity contribution is 1.20. The van der Waals surface area contributed by atoms with E-state index in [-0.39, 0.29) is 0 Å². The lowest BCUT2D eigenvalue weighted by Crippen LogP contribution is -1.87. The van der Waals surface area contributed by atoms with E-state index in [0.29, 0.717) is 5.56 Å². The third-order valence-corrected chi connectivity index (χ3v) is 3.02. The van der Waals surface area contributed by atoms with Gasteiger partial charge in [0.05, 0.1) is 11.6 Å². The summed E-state index contributed by atoms with van der Waals surface area (Å²) in [5.41, 5.74) is 5.44. The van der Waals surface area contributed by atoms with Crippen LogP contribution < -0.4 is 0 Å². The van der Waals surface area contributed by atoms with Crippen molar-refractivity contribution in [1.82, 2.24) is 0 Å². The van der Waals surface area contributed by atoms with E-state index in [2.05, 4.69) is 32.4 Å². The first-order chi connectivity index (χ1) is 10.4. The van der Waals surface area contributed by atoms with Crippen LogP contribution in [0.5, 0.6) is 0 Å². The van der Waals surface area contributed by atoms with Gasteiger partial charge in [0.1, 0.15) is 0 Å². The molecule has 110 valence electrons. The summed E-state index contributed by atoms with van der Waals surface area (Å²) in [5.74, 6) is 0. The lowest BCUT2D eigenvalue weighted by atomic mass is 10.0. The molecule has 1 heteroatoms. The summed E-state index contributed by atoms with van der Waals surface area (Å²) in [6.07, 6.45) is 8.41. The number of hydrogen-bond donors (Lipinski definition) is 0. The van der Waals surface area contributed by atoms with E-state index in [1.165, 1.54) is 0 Å². The number of rotatable bonds is 7. The van der Waals surface area contributed by atoms with Crippen molar-refractivity contribution in [2.75, 3.05) is 0 Å². The summed E-state index contributed by atoms with van der Waals surface area (Å²) in [6, 6.07) is 9.63. The number of allylic oxidation sites excluding steroid dienone is 8. The Hall–Kier alpha value is -2.85. The molecule has 0 spiro atoms. The highest BCUT2D eigenvalue weighted by Crippen LogP contribution is 2.13. The summed E-state index contributed by atoms with van der Waals surface area (Å²) < 4.78 is 0. The molecule has 0 bridgehead atoms. The number of nitrogens with zero attached hydrogens (tertiary/aromatic N) is 1. The van der Waals surface area contributed by atoms with Gasteiger partial charge in [-0.15, -0.1) is 0 Å². The molecule has 0 atom stereocenters. The monoisotopic (exact) mass is 287 g/mol. The summed E-state index contributed by atoms with van der Waals surface area (Å²) in [6.45, 7) is 17.7. The van der Waals surface area contributed by atoms with Gasteiger partial charge in [0.25, 0.3) is 0 Å². The maximum absolute atomic E-state index is 8.78. The zero-order chi connectivity index (χ0) is 16.5. The van der Waals surface area contributed by atoms with Gasteiger partial charge in [0, 0.05) is 0 Å². The van der Waals surface area contributed by atoms with Crippen LogP contribution in [0, 0.1) is 11.3 Å². The van der Waals surface area contributed by atoms with Crippen LogP contribution in [0.2, 0.25) is 0 Å². The summed E-state index contributed by atoms with van der Waals surface area (Å²) >= 11 is 0. The van der Waals surface area contributed by atoms with Crippen molar-refractivity contribution in [1.29, 1.82) is 5.26 Å². The predicted molar refractivity (Wildman–Crippen MR) is 95.4 cm³/mol. The Kier molecular flexibility index (Phi) is 6.60. The molecule has 0 saturated heterocycles. The molecule has 1 nitrogen and oxygen atoms in total. The average Bonchev–Trinajstić information content (AvgIpc) is 2.50. The van der Waals surface area contributed by atoms with E-state index in [0.717, 1.165) is 34.3 Å². The molecule has 0 radical (unpaired) electrons. The minimum Gasteiger partial charge on any atom is -0.192 e. The van der Waals surface area contributed by atoms with E-state index in [4.69, 9.17) is 5.26 Å². The molecular weight excluding hydrogens is 266 g/mol. The van der Waals surface area contributed by atoms with E-state index in [1.807, 2.05) is 55.5 Å². The van der Waals surface area contributed by atoms with Gasteiger partial charge in [0.2, 0.25) is 0 Å². The van der Waals surface area contributed by atoms with Gasteiger partial charge in [-0.2, -0.15) is 5.26 Å². The molecule has 1 rings (SSSR count). The van der Waals surface area contributed by atoms with Gasteiger partial charge in [-0.05, 0) is 42.2 Å². The molecule has 0 aromatic heterocycles. The summed E-state index contributed by atoms with van der Waals surface area (Å²) in [4.78, 5) is 0. The van der Waals surface area contributed by atoms with Crippen LogP contribution >= 0.6 is 0 Å². The molecular formula is C21H21N. The molecule has 0 heterocycles. The SMILES string of the molecule is C=C(C)/C=C\C(=C)C(=C)/C=C\C(=C)Cc1ccc(C#N)cc1. The second kappa shape index (κ2) is 8.44. The largest absolute Gasteiger partial charge is 0.192 e. The minimum absolute atomic E-state index is 0.666. The van der Waals surface area contributed by atoms with Crippen LogP contribution in [0.25, 0.3) is 0 Å². The molecule has 22 heavy (non-hydrogen) atoms. The highest BCUT2D eigenvalue weighted by molar-refractivity contribution is 5.45. The fourth-order valence-corrected chi connectivity index (χ4v) is 1.69. The Morgan fingerprint density at radius 1 is 0.955 bits per heavy atom. The molecule has 0 saturated carbocycles. The van der Waals surface area contributed by atoms with Crippen LogP contribution in [-0.2, 0) is 6.42 Å². The van der Waals surface area contributed by atoms with Crippen molar-refractivity contribution in [3.8, 4) is 6.07 Å². The van der Waals surface area contributed by atoms with Gasteiger partial charge in [-0.3, -0.25) is 0 Å². The van der Waals surface area contributed by atoms with Crippen LogP contribution in [0.3, 0.4) is 0 Å². The predicted octanol–water partition coefficient (Wildman–Crippen LogP) is 5.46. The molecule has 1 aromatic carbocycles. The fourth-order valence-electron chi connectivity index (χ4n) is 1.69. The number of hydrogen-bond acceptors (Lipinski definition) is 1. The normalized spacial score (nSPS) is 10.5. The quantitative estimate of drug-likeness (QED) is 0.611. The molecule has 1 aromatic rings. The van der Waals surface area contributed by atoms with Crippen molar-refractivity contribution in [2.45, 2.75) is 13.3 Å². The van der Waals surface area contributed by atoms with Crippen LogP contribution in [0.4, 0.5) is 0 Å². The van der Waals surface area contributed by atoms with Gasteiger partial charge < -0.3 is 0 Å². The smallest absolute Gasteiger partial charge is 0.0991 e. The first-order valence-electron chi connectivity index (χ1n) is 6.99. The third-order valence-electron chi connectivity index (χ3n) is 3.02. The van der Waals surface area contributed by atoms with Crippen molar-refractivity contribution in [3.63, 3.8) is 0 Å². The number of benzene rings is 1. The van der Waals surface area contributed by atoms with Crippen molar-refractivity contribution in [3.05, 3.63) is 108 Å². The topological polar surface area (TPSA) is 23.8 Å². The van der Waals surface area contributed by atoms with E-state index >= 15 is 0 Å². The molecule has 0 amide bonds. The van der Waals surface area contributed by atoms with E-state index < -0.39 is 0 Å². The standard InChI is InChI=1S/C21H21N/c1-16(2)6-8-18(4)19(5)9-7-17(3)14-20-10-12-21(15-22)13-11-20/h6-13H,1,3-5,14H2,2H3/b8-6-,9-7-. The van der Waals surface area contributed by atoms with Crippen LogP contribution in [0.15, 0.2) is 97.2 Å². The fraction of sp³-hybridized carbons (Fsp3) is 0.0952. The second-order valence-corrected chi connectivity index (χ2v) is 5.21. The average molecular weight is 287 g/mol. The van der Waals surface area contributed by atoms with E-state index in [1.54, 1.807) is 0 Å². The molecule has 0 aliphatic heterocycles. The Balaban J connectivity index is 2.60. The van der Waals surface area contributed by atoms with Gasteiger partial charge in [-0.25, -0.2) is 0 Å². The first-order valence-corrected chi connectivity index (χ1v) is 6.99. The summed E-state index contributed by atoms with van der Waals surface area (Å²) in [7, 11) is 0. The maximum atomic E-state index is 8.78. The zero-order valence-corrected chi connectivity index (χ0v) is 13.1. The first kappa shape index (κ1) is 17.2. The van der Waals surface area contributed by atoms with Crippen LogP contribution in [-0.4, -0.2) is 0 Å². The van der Waals surface area contributed by atoms with Crippen LogP contribution in [0.1, 0.15) is 18.1 Å². The Bertz CT molecular complexity index is 688. The van der Waals surface area contributed by atoms with E-state index in [9.17, 15) is 0 Å². The van der Waals surface area contributed by atoms with Gasteiger partial charge >= 0.3 is 0 Å². The molecule has 0 N–H and O–H groups in total. The second-order valence-electron chi connectivity index (χ2n) is 5.21. The Labute approximate surface area is 133 Å². The minimum atomic E-state index is 0.666. The Morgan fingerprint density at radius 2 is 1.50 bits per heavy atom. The van der Waals surface area contributed by atoms with Crippen molar-refractivity contribution < 1.29 is 0 Å². The van der Waals surface area contributed by atoms with Crippen molar-refractivity contribution >= 4 is 0 Å². The van der Waals surface area contributed by atoms with Gasteiger partial charge in [0.15, 0.2) is 0 Å². The lowest BCUT2D eigenvalue weighted by Gasteiger charge is -2.03. The summed E-state index contributed by atoms with van der Waals surface area (Å²) in [5, 5.41) is 8.78. The number of nitriles is 1. The molecule has 0 aliphatic rings. The highest BCUT2D eigenvalue weighted by atomic mass is 14.2. The third kappa shape index (κ3) is 6.07. The maximum Gasteiger partial charge on any atom is 0.0991 e. The molecule has 0 fully saturated rings. The molecule has 0 aliphatic carbocycles. The van der Waals surface area contributed by atoms with Gasteiger partial charge in [-0.1, -0.05) is 73.9 Å².